The molecule has 0 unspecified atom stereocenters. The van der Waals surface area contributed by atoms with Crippen molar-refractivity contribution in [2.45, 2.75) is 69.6 Å². The summed E-state index contributed by atoms with van der Waals surface area (Å²) in [5.41, 5.74) is -3.16. The number of benzene rings is 2. The molecule has 0 aromatic heterocycles. The van der Waals surface area contributed by atoms with E-state index < -0.39 is 63.6 Å². The van der Waals surface area contributed by atoms with Gasteiger partial charge in [-0.3, -0.25) is 5.32 Å². The molecule has 39 heavy (non-hydrogen) atoms. The SMILES string of the molecule is CCC(C)(CC)C[C@@H]1N[C@@H](C(=O)OC(=O)C(F)(F)F)[C@H](c2cccc(Cl)c2F)[C@@]1(C#N)c1ccc(Cl)cc1F. The molecule has 4 atom stereocenters. The van der Waals surface area contributed by atoms with E-state index in [-0.39, 0.29) is 22.6 Å². The fourth-order valence-corrected chi connectivity index (χ4v) is 5.51. The molecule has 1 heterocycles. The maximum Gasteiger partial charge on any atom is 0.491 e. The number of hydrogen-bond acceptors (Lipinski definition) is 5. The Balaban J connectivity index is 2.36. The summed E-state index contributed by atoms with van der Waals surface area (Å²) >= 11 is 11.9. The normalized spacial score (nSPS) is 23.4. The molecule has 1 N–H and O–H groups in total. The van der Waals surface area contributed by atoms with E-state index in [1.54, 1.807) is 0 Å². The summed E-state index contributed by atoms with van der Waals surface area (Å²) in [6.07, 6.45) is -4.19. The van der Waals surface area contributed by atoms with Crippen molar-refractivity contribution < 1.29 is 36.3 Å². The molecule has 1 aliphatic rings. The van der Waals surface area contributed by atoms with Crippen LogP contribution in [0.1, 0.15) is 57.1 Å². The van der Waals surface area contributed by atoms with Crippen molar-refractivity contribution in [2.75, 3.05) is 0 Å². The number of carbonyl (C=O) groups is 2. The number of carbonyl (C=O) groups excluding carboxylic acids is 2. The van der Waals surface area contributed by atoms with Crippen LogP contribution in [0.4, 0.5) is 22.0 Å². The molecular formula is C27H25Cl2F5N2O3. The Morgan fingerprint density at radius 2 is 1.77 bits per heavy atom. The number of nitrogens with one attached hydrogen (secondary N) is 1. The molecule has 0 radical (unpaired) electrons. The van der Waals surface area contributed by atoms with Gasteiger partial charge >= 0.3 is 18.1 Å². The summed E-state index contributed by atoms with van der Waals surface area (Å²) < 4.78 is 74.1. The number of nitrogens with zero attached hydrogens (tertiary/aromatic N) is 1. The first kappa shape index (κ1) is 30.8. The van der Waals surface area contributed by atoms with Crippen molar-refractivity contribution >= 4 is 35.1 Å². The van der Waals surface area contributed by atoms with Gasteiger partial charge < -0.3 is 4.74 Å². The Bertz CT molecular complexity index is 1310. The van der Waals surface area contributed by atoms with Gasteiger partial charge in [-0.25, -0.2) is 18.4 Å². The first-order valence-corrected chi connectivity index (χ1v) is 12.8. The molecule has 0 spiro atoms. The predicted octanol–water partition coefficient (Wildman–Crippen LogP) is 7.01. The quantitative estimate of drug-likeness (QED) is 0.213. The third-order valence-corrected chi connectivity index (χ3v) is 8.24. The molecule has 210 valence electrons. The molecule has 1 aliphatic heterocycles. The zero-order valence-electron chi connectivity index (χ0n) is 21.1. The lowest BCUT2D eigenvalue weighted by Gasteiger charge is -2.39. The van der Waals surface area contributed by atoms with Gasteiger partial charge in [0.05, 0.1) is 11.1 Å². The molecule has 5 nitrogen and oxygen atoms in total. The number of alkyl halides is 3. The third kappa shape index (κ3) is 5.76. The highest BCUT2D eigenvalue weighted by Gasteiger charge is 2.62. The van der Waals surface area contributed by atoms with Crippen LogP contribution >= 0.6 is 23.2 Å². The van der Waals surface area contributed by atoms with Crippen LogP contribution in [0.5, 0.6) is 0 Å². The molecule has 12 heteroatoms. The molecule has 2 aromatic rings. The second-order valence-corrected chi connectivity index (χ2v) is 10.7. The summed E-state index contributed by atoms with van der Waals surface area (Å²) in [6, 6.07) is 6.28. The molecule has 3 rings (SSSR count). The van der Waals surface area contributed by atoms with Gasteiger partial charge in [-0.2, -0.15) is 18.4 Å². The van der Waals surface area contributed by atoms with Gasteiger partial charge in [0.15, 0.2) is 0 Å². The molecule has 0 aliphatic carbocycles. The highest BCUT2D eigenvalue weighted by molar-refractivity contribution is 6.31. The average molecular weight is 591 g/mol. The van der Waals surface area contributed by atoms with Crippen LogP contribution in [0.2, 0.25) is 10.0 Å². The second-order valence-electron chi connectivity index (χ2n) is 9.85. The number of esters is 2. The van der Waals surface area contributed by atoms with Gasteiger partial charge in [-0.1, -0.05) is 75.0 Å². The van der Waals surface area contributed by atoms with Crippen LogP contribution in [0.15, 0.2) is 36.4 Å². The van der Waals surface area contributed by atoms with Crippen LogP contribution in [0.3, 0.4) is 0 Å². The maximum atomic E-state index is 15.6. The number of ether oxygens (including phenoxy) is 1. The van der Waals surface area contributed by atoms with Crippen molar-refractivity contribution in [2.24, 2.45) is 5.41 Å². The lowest BCUT2D eigenvalue weighted by atomic mass is 9.62. The van der Waals surface area contributed by atoms with E-state index in [9.17, 15) is 28.0 Å². The van der Waals surface area contributed by atoms with Crippen LogP contribution in [-0.2, 0) is 19.7 Å². The predicted molar refractivity (Wildman–Crippen MR) is 134 cm³/mol. The van der Waals surface area contributed by atoms with Crippen molar-refractivity contribution in [3.63, 3.8) is 0 Å². The summed E-state index contributed by atoms with van der Waals surface area (Å²) in [6.45, 7) is 5.66. The van der Waals surface area contributed by atoms with Gasteiger partial charge in [-0.05, 0) is 35.6 Å². The number of halogens is 7. The second kappa shape index (κ2) is 11.4. The van der Waals surface area contributed by atoms with Gasteiger partial charge in [0, 0.05) is 22.5 Å². The van der Waals surface area contributed by atoms with E-state index in [1.165, 1.54) is 30.3 Å². The van der Waals surface area contributed by atoms with Crippen LogP contribution in [-0.4, -0.2) is 30.2 Å². The molecule has 0 bridgehead atoms. The molecule has 1 saturated heterocycles. The molecule has 1 fully saturated rings. The standard InChI is InChI=1S/C27H25Cl2F5N2O3/c1-4-25(3,5-2)12-19-26(13-35,16-10-9-14(28)11-18(16)30)20(15-7-6-8-17(29)21(15)31)22(36-19)23(37)39-24(38)27(32,33)34/h6-11,19-20,22,36H,4-5,12H2,1-3H3/t19-,20-,22+,26-/m0/s1. The fraction of sp³-hybridized carbons (Fsp3) is 0.444. The third-order valence-electron chi connectivity index (χ3n) is 7.72. The van der Waals surface area contributed by atoms with Crippen LogP contribution < -0.4 is 5.32 Å². The van der Waals surface area contributed by atoms with E-state index in [0.29, 0.717) is 12.8 Å². The Hall–Kier alpha value is -2.74. The van der Waals surface area contributed by atoms with Gasteiger partial charge in [0.2, 0.25) is 0 Å². The highest BCUT2D eigenvalue weighted by atomic mass is 35.5. The summed E-state index contributed by atoms with van der Waals surface area (Å²) in [5, 5.41) is 13.2. The first-order valence-electron chi connectivity index (χ1n) is 12.0. The lowest BCUT2D eigenvalue weighted by Crippen LogP contribution is -2.45. The molecule has 2 aromatic carbocycles. The lowest BCUT2D eigenvalue weighted by molar-refractivity contribution is -0.202. The largest absolute Gasteiger partial charge is 0.491 e. The zero-order valence-corrected chi connectivity index (χ0v) is 22.6. The van der Waals surface area contributed by atoms with Crippen LogP contribution in [0.25, 0.3) is 0 Å². The van der Waals surface area contributed by atoms with E-state index >= 15 is 8.78 Å². The van der Waals surface area contributed by atoms with Gasteiger partial charge in [0.25, 0.3) is 0 Å². The monoisotopic (exact) mass is 590 g/mol. The van der Waals surface area contributed by atoms with E-state index in [4.69, 9.17) is 23.2 Å². The maximum absolute atomic E-state index is 15.6. The summed E-state index contributed by atoms with van der Waals surface area (Å²) in [4.78, 5) is 24.7. The topological polar surface area (TPSA) is 79.2 Å². The molecule has 0 amide bonds. The fourth-order valence-electron chi connectivity index (χ4n) is 5.17. The van der Waals surface area contributed by atoms with Crippen molar-refractivity contribution in [1.29, 1.82) is 5.26 Å². The minimum atomic E-state index is -5.50. The molecular weight excluding hydrogens is 566 g/mol. The summed E-state index contributed by atoms with van der Waals surface area (Å²) in [5.74, 6) is -8.15. The highest BCUT2D eigenvalue weighted by Crippen LogP contribution is 2.53. The van der Waals surface area contributed by atoms with E-state index in [2.05, 4.69) is 16.1 Å². The summed E-state index contributed by atoms with van der Waals surface area (Å²) in [7, 11) is 0. The number of hydrogen-bond donors (Lipinski definition) is 1. The van der Waals surface area contributed by atoms with Crippen molar-refractivity contribution in [1.82, 2.24) is 5.32 Å². The van der Waals surface area contributed by atoms with Gasteiger partial charge in [0.1, 0.15) is 23.1 Å². The van der Waals surface area contributed by atoms with E-state index in [0.717, 1.165) is 6.07 Å². The first-order chi connectivity index (χ1) is 18.1. The van der Waals surface area contributed by atoms with Crippen LogP contribution in [0, 0.1) is 28.4 Å². The zero-order chi connectivity index (χ0) is 29.3. The Labute approximate surface area is 232 Å². The minimum Gasteiger partial charge on any atom is -0.385 e. The Kier molecular flexibility index (Phi) is 9.00. The minimum absolute atomic E-state index is 0.00368. The van der Waals surface area contributed by atoms with Crippen molar-refractivity contribution in [3.8, 4) is 6.07 Å². The van der Waals surface area contributed by atoms with E-state index in [1.807, 2.05) is 20.8 Å². The van der Waals surface area contributed by atoms with Gasteiger partial charge in [-0.15, -0.1) is 0 Å². The Morgan fingerprint density at radius 3 is 2.31 bits per heavy atom. The average Bonchev–Trinajstić information content (AvgIpc) is 3.19. The number of rotatable bonds is 7. The smallest absolute Gasteiger partial charge is 0.385 e. The Morgan fingerprint density at radius 1 is 1.13 bits per heavy atom. The number of nitriles is 1. The van der Waals surface area contributed by atoms with Crippen molar-refractivity contribution in [3.05, 3.63) is 69.2 Å². The molecule has 0 saturated carbocycles.